The van der Waals surface area contributed by atoms with E-state index < -0.39 is 4.92 Å². The first-order chi connectivity index (χ1) is 11.9. The second-order valence-corrected chi connectivity index (χ2v) is 6.17. The monoisotopic (exact) mass is 346 g/mol. The molecule has 2 heterocycles. The van der Waals surface area contributed by atoms with Gasteiger partial charge in [0.15, 0.2) is 0 Å². The number of fused-ring (bicyclic) bond motifs is 1. The molecule has 1 aromatic carbocycles. The smallest absolute Gasteiger partial charge is 0.312 e. The number of nitrogens with zero attached hydrogens (tertiary/aromatic N) is 4. The van der Waals surface area contributed by atoms with Crippen molar-refractivity contribution in [1.82, 2.24) is 9.78 Å². The summed E-state index contributed by atoms with van der Waals surface area (Å²) in [7, 11) is 0. The zero-order chi connectivity index (χ0) is 18.1. The number of amides is 1. The molecule has 0 aliphatic carbocycles. The maximum Gasteiger partial charge on any atom is 0.312 e. The molecule has 1 aliphatic heterocycles. The summed E-state index contributed by atoms with van der Waals surface area (Å²) >= 11 is 0. The van der Waals surface area contributed by atoms with Crippen LogP contribution in [-0.2, 0) is 17.8 Å². The number of carbonyl (C=O) groups excluding carboxylic acids is 1. The SMILES string of the molecule is Cc1nn(CCC(=O)N2CCCc3ccc(F)cc32)c(C)c1[N+](=O)[O-]. The van der Waals surface area contributed by atoms with Crippen LogP contribution in [0, 0.1) is 29.8 Å². The number of anilines is 1. The Labute approximate surface area is 144 Å². The molecule has 8 heteroatoms. The van der Waals surface area contributed by atoms with Crippen molar-refractivity contribution >= 4 is 17.3 Å². The minimum atomic E-state index is -0.459. The normalized spacial score (nSPS) is 13.6. The number of hydrogen-bond acceptors (Lipinski definition) is 4. The van der Waals surface area contributed by atoms with Crippen LogP contribution in [0.1, 0.15) is 29.8 Å². The lowest BCUT2D eigenvalue weighted by atomic mass is 10.0. The van der Waals surface area contributed by atoms with Crippen LogP contribution in [0.3, 0.4) is 0 Å². The highest BCUT2D eigenvalue weighted by molar-refractivity contribution is 5.94. The van der Waals surface area contributed by atoms with Crippen molar-refractivity contribution < 1.29 is 14.1 Å². The van der Waals surface area contributed by atoms with Crippen LogP contribution in [0.2, 0.25) is 0 Å². The molecule has 0 bridgehead atoms. The predicted octanol–water partition coefficient (Wildman–Crippen LogP) is 2.92. The summed E-state index contributed by atoms with van der Waals surface area (Å²) in [5.41, 5.74) is 2.33. The molecule has 132 valence electrons. The fraction of sp³-hybridized carbons (Fsp3) is 0.412. The van der Waals surface area contributed by atoms with Crippen LogP contribution in [0.25, 0.3) is 0 Å². The highest BCUT2D eigenvalue weighted by Gasteiger charge is 2.25. The summed E-state index contributed by atoms with van der Waals surface area (Å²) in [6.07, 6.45) is 1.80. The predicted molar refractivity (Wildman–Crippen MR) is 90.0 cm³/mol. The molecule has 2 aromatic rings. The molecule has 1 aliphatic rings. The van der Waals surface area contributed by atoms with E-state index in [0.717, 1.165) is 18.4 Å². The maximum atomic E-state index is 13.5. The first-order valence-electron chi connectivity index (χ1n) is 8.15. The fourth-order valence-corrected chi connectivity index (χ4v) is 3.31. The van der Waals surface area contributed by atoms with E-state index in [2.05, 4.69) is 5.10 Å². The molecule has 0 N–H and O–H groups in total. The summed E-state index contributed by atoms with van der Waals surface area (Å²) in [5.74, 6) is -0.505. The summed E-state index contributed by atoms with van der Waals surface area (Å²) in [6.45, 7) is 3.99. The Bertz CT molecular complexity index is 847. The number of rotatable bonds is 4. The van der Waals surface area contributed by atoms with E-state index in [1.807, 2.05) is 0 Å². The van der Waals surface area contributed by atoms with Crippen molar-refractivity contribution in [3.8, 4) is 0 Å². The van der Waals surface area contributed by atoms with E-state index in [4.69, 9.17) is 0 Å². The quantitative estimate of drug-likeness (QED) is 0.630. The average Bonchev–Trinajstić information content (AvgIpc) is 2.85. The van der Waals surface area contributed by atoms with Gasteiger partial charge < -0.3 is 4.90 Å². The standard InChI is InChI=1S/C17H19FN4O3/c1-11-17(22(24)25)12(2)21(19-11)9-7-16(23)20-8-3-4-13-5-6-14(18)10-15(13)20/h5-6,10H,3-4,7-9H2,1-2H3. The van der Waals surface area contributed by atoms with E-state index in [0.29, 0.717) is 23.6 Å². The first-order valence-corrected chi connectivity index (χ1v) is 8.15. The molecule has 0 fully saturated rings. The van der Waals surface area contributed by atoms with Gasteiger partial charge in [-0.1, -0.05) is 6.07 Å². The van der Waals surface area contributed by atoms with Crippen molar-refractivity contribution in [2.75, 3.05) is 11.4 Å². The molecule has 0 saturated heterocycles. The van der Waals surface area contributed by atoms with Crippen LogP contribution >= 0.6 is 0 Å². The lowest BCUT2D eigenvalue weighted by molar-refractivity contribution is -0.386. The molecule has 3 rings (SSSR count). The van der Waals surface area contributed by atoms with Crippen LogP contribution in [0.5, 0.6) is 0 Å². The summed E-state index contributed by atoms with van der Waals surface area (Å²) in [4.78, 5) is 24.8. The van der Waals surface area contributed by atoms with Gasteiger partial charge in [0.25, 0.3) is 0 Å². The van der Waals surface area contributed by atoms with Crippen LogP contribution < -0.4 is 4.90 Å². The summed E-state index contributed by atoms with van der Waals surface area (Å²) < 4.78 is 15.0. The van der Waals surface area contributed by atoms with Crippen molar-refractivity contribution in [3.63, 3.8) is 0 Å². The zero-order valence-corrected chi connectivity index (χ0v) is 14.2. The Morgan fingerprint density at radius 3 is 2.84 bits per heavy atom. The minimum absolute atomic E-state index is 0.0159. The van der Waals surface area contributed by atoms with Gasteiger partial charge in [0.2, 0.25) is 5.91 Å². The van der Waals surface area contributed by atoms with E-state index in [1.165, 1.54) is 16.8 Å². The first kappa shape index (κ1) is 17.1. The molecular formula is C17H19FN4O3. The van der Waals surface area contributed by atoms with Gasteiger partial charge in [-0.15, -0.1) is 0 Å². The lowest BCUT2D eigenvalue weighted by Crippen LogP contribution is -2.36. The highest BCUT2D eigenvalue weighted by atomic mass is 19.1. The molecule has 0 spiro atoms. The van der Waals surface area contributed by atoms with Gasteiger partial charge in [-0.05, 0) is 44.4 Å². The third-order valence-electron chi connectivity index (χ3n) is 4.53. The highest BCUT2D eigenvalue weighted by Crippen LogP contribution is 2.29. The van der Waals surface area contributed by atoms with E-state index in [1.54, 1.807) is 24.8 Å². The molecule has 7 nitrogen and oxygen atoms in total. The topological polar surface area (TPSA) is 81.3 Å². The molecule has 0 atom stereocenters. The molecule has 0 unspecified atom stereocenters. The van der Waals surface area contributed by atoms with Gasteiger partial charge in [0.1, 0.15) is 17.2 Å². The van der Waals surface area contributed by atoms with E-state index in [9.17, 15) is 19.3 Å². The number of benzene rings is 1. The summed E-state index contributed by atoms with van der Waals surface area (Å²) in [6, 6.07) is 4.51. The third kappa shape index (κ3) is 3.24. The maximum absolute atomic E-state index is 13.5. The van der Waals surface area contributed by atoms with Gasteiger partial charge in [-0.25, -0.2) is 4.39 Å². The Morgan fingerprint density at radius 1 is 1.40 bits per heavy atom. The van der Waals surface area contributed by atoms with Crippen molar-refractivity contribution in [2.24, 2.45) is 0 Å². The Morgan fingerprint density at radius 2 is 2.16 bits per heavy atom. The Hall–Kier alpha value is -2.77. The van der Waals surface area contributed by atoms with Crippen molar-refractivity contribution in [3.05, 3.63) is 51.1 Å². The second-order valence-electron chi connectivity index (χ2n) is 6.17. The summed E-state index contributed by atoms with van der Waals surface area (Å²) in [5, 5.41) is 15.2. The van der Waals surface area contributed by atoms with Crippen LogP contribution in [0.4, 0.5) is 15.8 Å². The van der Waals surface area contributed by atoms with Crippen LogP contribution in [0.15, 0.2) is 18.2 Å². The Kier molecular flexibility index (Phi) is 4.52. The number of nitro groups is 1. The van der Waals surface area contributed by atoms with Gasteiger partial charge in [-0.3, -0.25) is 19.6 Å². The number of carbonyl (C=O) groups is 1. The molecule has 0 saturated carbocycles. The zero-order valence-electron chi connectivity index (χ0n) is 14.2. The third-order valence-corrected chi connectivity index (χ3v) is 4.53. The van der Waals surface area contributed by atoms with Gasteiger partial charge in [0.05, 0.1) is 11.5 Å². The average molecular weight is 346 g/mol. The molecular weight excluding hydrogens is 327 g/mol. The van der Waals surface area contributed by atoms with Gasteiger partial charge in [0, 0.05) is 18.7 Å². The minimum Gasteiger partial charge on any atom is -0.312 e. The number of hydrogen-bond donors (Lipinski definition) is 0. The molecule has 25 heavy (non-hydrogen) atoms. The largest absolute Gasteiger partial charge is 0.312 e. The van der Waals surface area contributed by atoms with Gasteiger partial charge >= 0.3 is 5.69 Å². The van der Waals surface area contributed by atoms with Gasteiger partial charge in [-0.2, -0.15) is 5.10 Å². The second kappa shape index (κ2) is 6.62. The molecule has 1 amide bonds. The van der Waals surface area contributed by atoms with Crippen molar-refractivity contribution in [1.29, 1.82) is 0 Å². The fourth-order valence-electron chi connectivity index (χ4n) is 3.31. The van der Waals surface area contributed by atoms with Crippen molar-refractivity contribution in [2.45, 2.75) is 39.7 Å². The van der Waals surface area contributed by atoms with E-state index >= 15 is 0 Å². The Balaban J connectivity index is 1.76. The number of halogens is 1. The lowest BCUT2D eigenvalue weighted by Gasteiger charge is -2.29. The number of aromatic nitrogens is 2. The number of aryl methyl sites for hydroxylation is 3. The van der Waals surface area contributed by atoms with Crippen LogP contribution in [-0.4, -0.2) is 27.2 Å². The van der Waals surface area contributed by atoms with E-state index in [-0.39, 0.29) is 30.4 Å². The molecule has 0 radical (unpaired) electrons. The molecule has 1 aromatic heterocycles.